The average molecular weight is 189 g/mol. The highest BCUT2D eigenvalue weighted by molar-refractivity contribution is 7.56. The summed E-state index contributed by atoms with van der Waals surface area (Å²) in [5.74, 6) is 0. The van der Waals surface area contributed by atoms with Gasteiger partial charge in [0.1, 0.15) is 0 Å². The largest absolute Gasteiger partial charge is 0.314 e. The minimum atomic E-state index is -2.53. The molecule has 0 spiro atoms. The van der Waals surface area contributed by atoms with Gasteiger partial charge in [0.2, 0.25) is 0 Å². The summed E-state index contributed by atoms with van der Waals surface area (Å²) in [5.41, 5.74) is 0. The predicted octanol–water partition coefficient (Wildman–Crippen LogP) is 2.15. The summed E-state index contributed by atoms with van der Waals surface area (Å²) in [5, 5.41) is 2.70. The van der Waals surface area contributed by atoms with E-state index < -0.39 is 7.52 Å². The second-order valence-corrected chi connectivity index (χ2v) is 5.43. The summed E-state index contributed by atoms with van der Waals surface area (Å²) in [6.07, 6.45) is 7.27. The van der Waals surface area contributed by atoms with E-state index >= 15 is 0 Å². The number of hydrogen-bond donors (Lipinski definition) is 1. The van der Waals surface area contributed by atoms with Crippen LogP contribution in [-0.2, 0) is 9.09 Å². The Hall–Kier alpha value is -0.110. The van der Waals surface area contributed by atoms with Crippen molar-refractivity contribution < 1.29 is 9.09 Å². The standard InChI is InChI=1S/C8H16NO2P/c1-9-12(2,10)11-8-6-4-3-5-7-8/h3-4,8H,5-7H2,1-2H3,(H,9,10). The molecule has 0 aromatic rings. The summed E-state index contributed by atoms with van der Waals surface area (Å²) < 4.78 is 16.9. The van der Waals surface area contributed by atoms with Gasteiger partial charge in [-0.1, -0.05) is 12.2 Å². The normalized spacial score (nSPS) is 28.3. The molecule has 0 heterocycles. The Morgan fingerprint density at radius 1 is 1.58 bits per heavy atom. The number of hydrogen-bond acceptors (Lipinski definition) is 2. The van der Waals surface area contributed by atoms with Crippen LogP contribution in [-0.4, -0.2) is 19.8 Å². The maximum atomic E-state index is 11.5. The van der Waals surface area contributed by atoms with Gasteiger partial charge < -0.3 is 4.52 Å². The predicted molar refractivity (Wildman–Crippen MR) is 50.5 cm³/mol. The van der Waals surface area contributed by atoms with Crippen molar-refractivity contribution in [3.8, 4) is 0 Å². The lowest BCUT2D eigenvalue weighted by molar-refractivity contribution is 0.192. The molecule has 0 aliphatic heterocycles. The molecule has 0 amide bonds. The van der Waals surface area contributed by atoms with Crippen molar-refractivity contribution in [3.05, 3.63) is 12.2 Å². The van der Waals surface area contributed by atoms with Gasteiger partial charge in [0, 0.05) is 6.66 Å². The highest BCUT2D eigenvalue weighted by Gasteiger charge is 2.20. The van der Waals surface area contributed by atoms with Crippen LogP contribution in [0.5, 0.6) is 0 Å². The fourth-order valence-corrected chi connectivity index (χ4v) is 2.06. The van der Waals surface area contributed by atoms with Crippen LogP contribution in [0.25, 0.3) is 0 Å². The van der Waals surface area contributed by atoms with E-state index in [0.717, 1.165) is 19.3 Å². The molecule has 3 nitrogen and oxygen atoms in total. The third-order valence-corrected chi connectivity index (χ3v) is 3.49. The third kappa shape index (κ3) is 3.10. The Bertz CT molecular complexity index is 215. The molecule has 0 radical (unpaired) electrons. The molecule has 0 fully saturated rings. The van der Waals surface area contributed by atoms with Gasteiger partial charge >= 0.3 is 0 Å². The van der Waals surface area contributed by atoms with Gasteiger partial charge in [0.05, 0.1) is 6.10 Å². The Morgan fingerprint density at radius 3 is 2.83 bits per heavy atom. The minimum absolute atomic E-state index is 0.137. The molecule has 1 N–H and O–H groups in total. The first-order valence-electron chi connectivity index (χ1n) is 4.24. The first-order chi connectivity index (χ1) is 5.64. The van der Waals surface area contributed by atoms with E-state index in [-0.39, 0.29) is 6.10 Å². The molecular formula is C8H16NO2P. The van der Waals surface area contributed by atoms with Crippen LogP contribution in [0, 0.1) is 0 Å². The van der Waals surface area contributed by atoms with E-state index in [2.05, 4.69) is 17.2 Å². The van der Waals surface area contributed by atoms with Gasteiger partial charge in [-0.05, 0) is 26.3 Å². The monoisotopic (exact) mass is 189 g/mol. The van der Waals surface area contributed by atoms with Crippen LogP contribution in [0.15, 0.2) is 12.2 Å². The molecule has 2 atom stereocenters. The summed E-state index contributed by atoms with van der Waals surface area (Å²) >= 11 is 0. The van der Waals surface area contributed by atoms with Crippen molar-refractivity contribution in [3.63, 3.8) is 0 Å². The van der Waals surface area contributed by atoms with Crippen molar-refractivity contribution in [2.24, 2.45) is 0 Å². The first-order valence-corrected chi connectivity index (χ1v) is 6.31. The lowest BCUT2D eigenvalue weighted by Crippen LogP contribution is -2.16. The van der Waals surface area contributed by atoms with E-state index in [0.29, 0.717) is 0 Å². The summed E-state index contributed by atoms with van der Waals surface area (Å²) in [6.45, 7) is 1.62. The molecule has 1 aliphatic carbocycles. The van der Waals surface area contributed by atoms with Gasteiger partial charge in [-0.15, -0.1) is 0 Å². The van der Waals surface area contributed by atoms with E-state index in [1.54, 1.807) is 13.7 Å². The topological polar surface area (TPSA) is 38.3 Å². The van der Waals surface area contributed by atoms with Crippen LogP contribution in [0.1, 0.15) is 19.3 Å². The SMILES string of the molecule is CNP(C)(=O)OC1CC=CCC1. The molecule has 1 rings (SSSR count). The molecule has 12 heavy (non-hydrogen) atoms. The molecule has 1 aliphatic rings. The molecule has 2 unspecified atom stereocenters. The molecule has 0 aromatic carbocycles. The zero-order valence-corrected chi connectivity index (χ0v) is 8.51. The Morgan fingerprint density at radius 2 is 2.33 bits per heavy atom. The van der Waals surface area contributed by atoms with E-state index in [4.69, 9.17) is 4.52 Å². The number of nitrogens with one attached hydrogen (secondary N) is 1. The number of allylic oxidation sites excluding steroid dienone is 1. The fourth-order valence-electron chi connectivity index (χ4n) is 1.20. The van der Waals surface area contributed by atoms with Gasteiger partial charge in [0.25, 0.3) is 7.52 Å². The summed E-state index contributed by atoms with van der Waals surface area (Å²) in [6, 6.07) is 0. The van der Waals surface area contributed by atoms with E-state index in [1.807, 2.05) is 0 Å². The van der Waals surface area contributed by atoms with Crippen LogP contribution in [0.3, 0.4) is 0 Å². The highest BCUT2D eigenvalue weighted by Crippen LogP contribution is 2.40. The highest BCUT2D eigenvalue weighted by atomic mass is 31.2. The smallest absolute Gasteiger partial charge is 0.266 e. The Balaban J connectivity index is 2.40. The zero-order valence-electron chi connectivity index (χ0n) is 7.62. The van der Waals surface area contributed by atoms with Crippen LogP contribution < -0.4 is 5.09 Å². The molecule has 70 valence electrons. The van der Waals surface area contributed by atoms with Gasteiger partial charge in [0.15, 0.2) is 0 Å². The second kappa shape index (κ2) is 4.22. The lowest BCUT2D eigenvalue weighted by atomic mass is 10.1. The average Bonchev–Trinajstić information content (AvgIpc) is 2.06. The molecule has 0 bridgehead atoms. The van der Waals surface area contributed by atoms with Crippen LogP contribution >= 0.6 is 7.52 Å². The van der Waals surface area contributed by atoms with Crippen molar-refractivity contribution in [2.45, 2.75) is 25.4 Å². The van der Waals surface area contributed by atoms with Crippen molar-refractivity contribution >= 4 is 7.52 Å². The first kappa shape index (κ1) is 9.97. The van der Waals surface area contributed by atoms with Crippen molar-refractivity contribution in [2.75, 3.05) is 13.7 Å². The second-order valence-electron chi connectivity index (χ2n) is 3.08. The Labute approximate surface area is 73.7 Å². The lowest BCUT2D eigenvalue weighted by Gasteiger charge is -2.22. The van der Waals surface area contributed by atoms with E-state index in [1.165, 1.54) is 0 Å². The maximum Gasteiger partial charge on any atom is 0.266 e. The Kier molecular flexibility index (Phi) is 3.51. The van der Waals surface area contributed by atoms with Crippen LogP contribution in [0.4, 0.5) is 0 Å². The van der Waals surface area contributed by atoms with Crippen molar-refractivity contribution in [1.29, 1.82) is 0 Å². The maximum absolute atomic E-state index is 11.5. The fraction of sp³-hybridized carbons (Fsp3) is 0.750. The minimum Gasteiger partial charge on any atom is -0.314 e. The van der Waals surface area contributed by atoms with Gasteiger partial charge in [-0.2, -0.15) is 0 Å². The summed E-state index contributed by atoms with van der Waals surface area (Å²) in [4.78, 5) is 0. The van der Waals surface area contributed by atoms with Crippen LogP contribution in [0.2, 0.25) is 0 Å². The quantitative estimate of drug-likeness (QED) is 0.546. The molecule has 0 saturated carbocycles. The molecule has 0 aromatic heterocycles. The molecule has 0 saturated heterocycles. The van der Waals surface area contributed by atoms with Gasteiger partial charge in [-0.3, -0.25) is 4.57 Å². The van der Waals surface area contributed by atoms with Crippen molar-refractivity contribution in [1.82, 2.24) is 5.09 Å². The zero-order chi connectivity index (χ0) is 9.03. The van der Waals surface area contributed by atoms with E-state index in [9.17, 15) is 4.57 Å². The molecular weight excluding hydrogens is 173 g/mol. The molecule has 4 heteroatoms. The number of rotatable bonds is 3. The van der Waals surface area contributed by atoms with Gasteiger partial charge in [-0.25, -0.2) is 5.09 Å². The third-order valence-electron chi connectivity index (χ3n) is 1.98. The summed E-state index contributed by atoms with van der Waals surface area (Å²) in [7, 11) is -0.860.